The SMILES string of the molecule is N=C1CCCCN1c1cc(F)cc(Cl)c1. The zero-order valence-corrected chi connectivity index (χ0v) is 9.02. The summed E-state index contributed by atoms with van der Waals surface area (Å²) in [6, 6.07) is 4.40. The Kier molecular flexibility index (Phi) is 2.91. The van der Waals surface area contributed by atoms with Crippen molar-refractivity contribution in [2.45, 2.75) is 19.3 Å². The molecule has 80 valence electrons. The molecule has 0 unspecified atom stereocenters. The molecule has 0 aromatic heterocycles. The summed E-state index contributed by atoms with van der Waals surface area (Å²) in [4.78, 5) is 1.82. The van der Waals surface area contributed by atoms with Gasteiger partial charge in [0.25, 0.3) is 0 Å². The van der Waals surface area contributed by atoms with Crippen LogP contribution in [0.2, 0.25) is 5.02 Å². The lowest BCUT2D eigenvalue weighted by Gasteiger charge is -2.29. The maximum atomic E-state index is 13.1. The third-order valence-electron chi connectivity index (χ3n) is 2.53. The molecule has 4 heteroatoms. The molecule has 1 saturated heterocycles. The van der Waals surface area contributed by atoms with Crippen molar-refractivity contribution in [2.75, 3.05) is 11.4 Å². The molecule has 0 spiro atoms. The summed E-state index contributed by atoms with van der Waals surface area (Å²) >= 11 is 5.78. The van der Waals surface area contributed by atoms with Gasteiger partial charge in [0.05, 0.1) is 0 Å². The number of nitrogens with zero attached hydrogens (tertiary/aromatic N) is 1. The number of benzene rings is 1. The van der Waals surface area contributed by atoms with Crippen molar-refractivity contribution in [1.82, 2.24) is 0 Å². The van der Waals surface area contributed by atoms with Crippen LogP contribution in [0, 0.1) is 11.2 Å². The van der Waals surface area contributed by atoms with Gasteiger partial charge in [0, 0.05) is 23.7 Å². The fraction of sp³-hybridized carbons (Fsp3) is 0.364. The molecule has 0 bridgehead atoms. The number of rotatable bonds is 1. The highest BCUT2D eigenvalue weighted by atomic mass is 35.5. The molecular formula is C11H12ClFN2. The summed E-state index contributed by atoms with van der Waals surface area (Å²) in [7, 11) is 0. The van der Waals surface area contributed by atoms with Gasteiger partial charge in [-0.05, 0) is 31.0 Å². The summed E-state index contributed by atoms with van der Waals surface area (Å²) in [5.41, 5.74) is 0.685. The smallest absolute Gasteiger partial charge is 0.126 e. The molecule has 2 nitrogen and oxygen atoms in total. The van der Waals surface area contributed by atoms with E-state index in [-0.39, 0.29) is 5.82 Å². The molecule has 0 amide bonds. The number of hydrogen-bond donors (Lipinski definition) is 1. The number of anilines is 1. The van der Waals surface area contributed by atoms with Crippen LogP contribution >= 0.6 is 11.6 Å². The van der Waals surface area contributed by atoms with E-state index < -0.39 is 0 Å². The number of piperidine rings is 1. The Morgan fingerprint density at radius 2 is 2.07 bits per heavy atom. The topological polar surface area (TPSA) is 27.1 Å². The standard InChI is InChI=1S/C11H12ClFN2/c12-8-5-9(13)7-10(6-8)15-4-2-1-3-11(15)14/h5-7,14H,1-4H2. The number of nitrogens with one attached hydrogen (secondary N) is 1. The average Bonchev–Trinajstić information content (AvgIpc) is 2.16. The fourth-order valence-electron chi connectivity index (χ4n) is 1.81. The number of hydrogen-bond acceptors (Lipinski definition) is 1. The molecule has 1 aromatic carbocycles. The van der Waals surface area contributed by atoms with Gasteiger partial charge >= 0.3 is 0 Å². The van der Waals surface area contributed by atoms with E-state index in [0.29, 0.717) is 16.5 Å². The zero-order valence-electron chi connectivity index (χ0n) is 8.26. The normalized spacial score (nSPS) is 16.9. The van der Waals surface area contributed by atoms with Gasteiger partial charge in [-0.25, -0.2) is 4.39 Å². The second-order valence-electron chi connectivity index (χ2n) is 3.68. The molecule has 1 aromatic rings. The van der Waals surface area contributed by atoms with E-state index in [9.17, 15) is 4.39 Å². The van der Waals surface area contributed by atoms with Crippen molar-refractivity contribution in [3.63, 3.8) is 0 Å². The highest BCUT2D eigenvalue weighted by Gasteiger charge is 2.17. The quantitative estimate of drug-likeness (QED) is 0.780. The molecular weight excluding hydrogens is 215 g/mol. The predicted octanol–water partition coefficient (Wildman–Crippen LogP) is 3.45. The molecule has 1 aliphatic rings. The Balaban J connectivity index is 2.31. The lowest BCUT2D eigenvalue weighted by atomic mass is 10.1. The van der Waals surface area contributed by atoms with Gasteiger partial charge in [-0.15, -0.1) is 0 Å². The first kappa shape index (κ1) is 10.4. The van der Waals surface area contributed by atoms with E-state index in [1.54, 1.807) is 6.07 Å². The van der Waals surface area contributed by atoms with Crippen LogP contribution in [0.25, 0.3) is 0 Å². The molecule has 0 saturated carbocycles. The van der Waals surface area contributed by atoms with Crippen molar-refractivity contribution >= 4 is 23.1 Å². The Hall–Kier alpha value is -1.09. The van der Waals surface area contributed by atoms with Crippen LogP contribution in [0.5, 0.6) is 0 Å². The second kappa shape index (κ2) is 4.19. The summed E-state index contributed by atoms with van der Waals surface area (Å²) in [6.45, 7) is 0.776. The van der Waals surface area contributed by atoms with Gasteiger partial charge < -0.3 is 4.90 Å². The van der Waals surface area contributed by atoms with Crippen molar-refractivity contribution < 1.29 is 4.39 Å². The van der Waals surface area contributed by atoms with Gasteiger partial charge in [0.1, 0.15) is 11.7 Å². The highest BCUT2D eigenvalue weighted by molar-refractivity contribution is 6.31. The minimum Gasteiger partial charge on any atom is -0.330 e. The van der Waals surface area contributed by atoms with Gasteiger partial charge in [0.15, 0.2) is 0 Å². The largest absolute Gasteiger partial charge is 0.330 e. The lowest BCUT2D eigenvalue weighted by molar-refractivity contribution is 0.626. The van der Waals surface area contributed by atoms with Gasteiger partial charge in [-0.2, -0.15) is 0 Å². The molecule has 2 rings (SSSR count). The van der Waals surface area contributed by atoms with Crippen LogP contribution < -0.4 is 4.90 Å². The van der Waals surface area contributed by atoms with E-state index in [2.05, 4.69) is 0 Å². The van der Waals surface area contributed by atoms with Crippen LogP contribution in [0.1, 0.15) is 19.3 Å². The van der Waals surface area contributed by atoms with Crippen molar-refractivity contribution in [2.24, 2.45) is 0 Å². The Bertz CT molecular complexity index is 372. The van der Waals surface area contributed by atoms with Crippen molar-refractivity contribution in [1.29, 1.82) is 5.41 Å². The third-order valence-corrected chi connectivity index (χ3v) is 2.75. The number of halogens is 2. The van der Waals surface area contributed by atoms with Crippen LogP contribution in [0.3, 0.4) is 0 Å². The van der Waals surface area contributed by atoms with E-state index in [1.807, 2.05) is 4.90 Å². The minimum atomic E-state index is -0.351. The molecule has 1 heterocycles. The van der Waals surface area contributed by atoms with Crippen LogP contribution in [0.15, 0.2) is 18.2 Å². The Morgan fingerprint density at radius 3 is 2.73 bits per heavy atom. The predicted molar refractivity (Wildman–Crippen MR) is 60.3 cm³/mol. The first-order valence-electron chi connectivity index (χ1n) is 4.98. The fourth-order valence-corrected chi connectivity index (χ4v) is 2.03. The Morgan fingerprint density at radius 1 is 1.27 bits per heavy atom. The lowest BCUT2D eigenvalue weighted by Crippen LogP contribution is -2.34. The van der Waals surface area contributed by atoms with Crippen LogP contribution in [-0.4, -0.2) is 12.4 Å². The minimum absolute atomic E-state index is 0.351. The van der Waals surface area contributed by atoms with Crippen LogP contribution in [-0.2, 0) is 0 Å². The maximum absolute atomic E-state index is 13.1. The molecule has 0 atom stereocenters. The molecule has 15 heavy (non-hydrogen) atoms. The van der Waals surface area contributed by atoms with Crippen molar-refractivity contribution in [3.8, 4) is 0 Å². The first-order chi connectivity index (χ1) is 7.16. The molecule has 1 fully saturated rings. The van der Waals surface area contributed by atoms with E-state index in [1.165, 1.54) is 12.1 Å². The highest BCUT2D eigenvalue weighted by Crippen LogP contribution is 2.25. The average molecular weight is 227 g/mol. The van der Waals surface area contributed by atoms with Gasteiger partial charge in [0.2, 0.25) is 0 Å². The zero-order chi connectivity index (χ0) is 10.8. The Labute approximate surface area is 93.2 Å². The van der Waals surface area contributed by atoms with E-state index in [0.717, 1.165) is 25.8 Å². The maximum Gasteiger partial charge on any atom is 0.126 e. The third kappa shape index (κ3) is 2.29. The van der Waals surface area contributed by atoms with E-state index in [4.69, 9.17) is 17.0 Å². The van der Waals surface area contributed by atoms with Crippen LogP contribution in [0.4, 0.5) is 10.1 Å². The summed E-state index contributed by atoms with van der Waals surface area (Å²) < 4.78 is 13.1. The number of amidine groups is 1. The first-order valence-corrected chi connectivity index (χ1v) is 5.35. The van der Waals surface area contributed by atoms with Gasteiger partial charge in [-0.3, -0.25) is 5.41 Å². The second-order valence-corrected chi connectivity index (χ2v) is 4.12. The van der Waals surface area contributed by atoms with Crippen molar-refractivity contribution in [3.05, 3.63) is 29.0 Å². The summed E-state index contributed by atoms with van der Waals surface area (Å²) in [5, 5.41) is 8.16. The molecule has 1 N–H and O–H groups in total. The monoisotopic (exact) mass is 226 g/mol. The molecule has 0 radical (unpaired) electrons. The summed E-state index contributed by atoms with van der Waals surface area (Å²) in [6.07, 6.45) is 2.84. The summed E-state index contributed by atoms with van der Waals surface area (Å²) in [5.74, 6) is 0.193. The van der Waals surface area contributed by atoms with Gasteiger partial charge in [-0.1, -0.05) is 11.6 Å². The molecule has 1 aliphatic heterocycles. The van der Waals surface area contributed by atoms with E-state index >= 15 is 0 Å². The molecule has 0 aliphatic carbocycles.